The van der Waals surface area contributed by atoms with E-state index in [1.165, 1.54) is 4.68 Å². The van der Waals surface area contributed by atoms with Crippen LogP contribution in [0.4, 0.5) is 5.95 Å². The molecule has 0 spiro atoms. The fourth-order valence-electron chi connectivity index (χ4n) is 4.18. The van der Waals surface area contributed by atoms with Crippen LogP contribution >= 0.6 is 0 Å². The molecule has 0 aromatic carbocycles. The summed E-state index contributed by atoms with van der Waals surface area (Å²) < 4.78 is 5.10. The normalized spacial score (nSPS) is 16.6. The van der Waals surface area contributed by atoms with Crippen molar-refractivity contribution in [3.05, 3.63) is 52.3 Å². The van der Waals surface area contributed by atoms with Crippen molar-refractivity contribution >= 4 is 22.6 Å². The number of piperidine rings is 1. The summed E-state index contributed by atoms with van der Waals surface area (Å²) in [6, 6.07) is 9.05. The Bertz CT molecular complexity index is 1400. The lowest BCUT2D eigenvalue weighted by Crippen LogP contribution is -2.43. The summed E-state index contributed by atoms with van der Waals surface area (Å²) in [5.74, 6) is 3.56. The quantitative estimate of drug-likeness (QED) is 0.506. The van der Waals surface area contributed by atoms with Crippen LogP contribution in [0.15, 0.2) is 35.4 Å². The third-order valence-corrected chi connectivity index (χ3v) is 5.66. The smallest absolute Gasteiger partial charge is 0.294 e. The second kappa shape index (κ2) is 7.56. The zero-order valence-corrected chi connectivity index (χ0v) is 17.6. The molecule has 1 unspecified atom stereocenters. The van der Waals surface area contributed by atoms with Gasteiger partial charge in [0.25, 0.3) is 5.56 Å². The standard InChI is InChI=1S/C22H24N8O/c1-3-9-28-20-18(26-22(28)27-10-5-7-16(23)12-27)11-24-30(21(20)31)14-17-13-29-15(2)6-4-8-19(29)25-17/h4,6,8,11,13,16H,5,7,10,12,14,23H2,1-2H3. The fraction of sp³-hybridized carbons (Fsp3) is 0.364. The van der Waals surface area contributed by atoms with Crippen LogP contribution in [0.25, 0.3) is 16.7 Å². The number of pyridine rings is 1. The molecule has 0 radical (unpaired) electrons. The molecule has 4 aromatic heterocycles. The molecule has 0 aliphatic carbocycles. The molecule has 4 aromatic rings. The highest BCUT2D eigenvalue weighted by Gasteiger charge is 2.24. The number of nitrogens with zero attached hydrogens (tertiary/aromatic N) is 7. The second-order valence-electron chi connectivity index (χ2n) is 7.93. The zero-order chi connectivity index (χ0) is 21.5. The number of rotatable bonds is 3. The molecule has 1 aliphatic rings. The summed E-state index contributed by atoms with van der Waals surface area (Å²) in [7, 11) is 0. The maximum absolute atomic E-state index is 13.4. The molecular weight excluding hydrogens is 392 g/mol. The van der Waals surface area contributed by atoms with Crippen molar-refractivity contribution in [1.29, 1.82) is 0 Å². The van der Waals surface area contributed by atoms with Crippen LogP contribution < -0.4 is 16.2 Å². The summed E-state index contributed by atoms with van der Waals surface area (Å²) >= 11 is 0. The molecule has 2 N–H and O–H groups in total. The minimum absolute atomic E-state index is 0.0879. The Morgan fingerprint density at radius 3 is 2.94 bits per heavy atom. The van der Waals surface area contributed by atoms with E-state index >= 15 is 0 Å². The van der Waals surface area contributed by atoms with E-state index in [1.807, 2.05) is 35.7 Å². The lowest BCUT2D eigenvalue weighted by atomic mass is 10.1. The van der Waals surface area contributed by atoms with Crippen molar-refractivity contribution in [3.63, 3.8) is 0 Å². The van der Waals surface area contributed by atoms with Crippen LogP contribution in [-0.4, -0.2) is 47.8 Å². The van der Waals surface area contributed by atoms with Gasteiger partial charge in [-0.15, -0.1) is 0 Å². The van der Waals surface area contributed by atoms with E-state index in [4.69, 9.17) is 5.73 Å². The van der Waals surface area contributed by atoms with Gasteiger partial charge in [-0.3, -0.25) is 4.79 Å². The maximum Gasteiger partial charge on any atom is 0.294 e. The monoisotopic (exact) mass is 416 g/mol. The van der Waals surface area contributed by atoms with E-state index in [1.54, 1.807) is 17.7 Å². The Morgan fingerprint density at radius 2 is 2.16 bits per heavy atom. The summed E-state index contributed by atoms with van der Waals surface area (Å²) in [4.78, 5) is 24.8. The third kappa shape index (κ3) is 3.35. The van der Waals surface area contributed by atoms with E-state index in [-0.39, 0.29) is 18.1 Å². The Balaban J connectivity index is 1.59. The molecule has 1 atom stereocenters. The van der Waals surface area contributed by atoms with Crippen molar-refractivity contribution in [3.8, 4) is 12.0 Å². The molecule has 0 bridgehead atoms. The number of aryl methyl sites for hydroxylation is 1. The molecule has 1 fully saturated rings. The summed E-state index contributed by atoms with van der Waals surface area (Å²) in [5, 5.41) is 4.36. The van der Waals surface area contributed by atoms with Crippen LogP contribution in [0.1, 0.15) is 31.2 Å². The van der Waals surface area contributed by atoms with Gasteiger partial charge in [0.1, 0.15) is 11.2 Å². The number of hydrogen-bond acceptors (Lipinski definition) is 6. The number of anilines is 1. The van der Waals surface area contributed by atoms with E-state index < -0.39 is 0 Å². The first-order chi connectivity index (χ1) is 15.0. The van der Waals surface area contributed by atoms with Gasteiger partial charge in [0.2, 0.25) is 5.95 Å². The molecule has 0 amide bonds. The number of hydrogen-bond donors (Lipinski definition) is 1. The minimum atomic E-state index is -0.242. The number of aromatic nitrogens is 6. The number of nitrogens with two attached hydrogens (primary N) is 1. The average Bonchev–Trinajstić information content (AvgIpc) is 3.33. The lowest BCUT2D eigenvalue weighted by Gasteiger charge is -2.31. The first-order valence-electron chi connectivity index (χ1n) is 10.4. The largest absolute Gasteiger partial charge is 0.340 e. The summed E-state index contributed by atoms with van der Waals surface area (Å²) in [5.41, 5.74) is 9.56. The van der Waals surface area contributed by atoms with Gasteiger partial charge in [0.15, 0.2) is 5.52 Å². The van der Waals surface area contributed by atoms with Gasteiger partial charge >= 0.3 is 0 Å². The molecule has 31 heavy (non-hydrogen) atoms. The predicted molar refractivity (Wildman–Crippen MR) is 119 cm³/mol. The maximum atomic E-state index is 13.4. The Hall–Kier alpha value is -3.64. The van der Waals surface area contributed by atoms with Gasteiger partial charge in [-0.25, -0.2) is 19.2 Å². The van der Waals surface area contributed by atoms with Crippen molar-refractivity contribution in [2.45, 2.75) is 39.3 Å². The van der Waals surface area contributed by atoms with E-state index in [9.17, 15) is 4.79 Å². The SMILES string of the molecule is CC#Cn1c(N2CCCC(N)C2)nc2cnn(Cc3cn4c(C)cccc4n3)c(=O)c21. The Morgan fingerprint density at radius 1 is 1.29 bits per heavy atom. The molecule has 5 heterocycles. The highest BCUT2D eigenvalue weighted by molar-refractivity contribution is 5.78. The average molecular weight is 416 g/mol. The highest BCUT2D eigenvalue weighted by atomic mass is 16.1. The third-order valence-electron chi connectivity index (χ3n) is 5.66. The Kier molecular flexibility index (Phi) is 4.71. The Labute approximate surface area is 179 Å². The van der Waals surface area contributed by atoms with Gasteiger partial charge in [-0.2, -0.15) is 5.10 Å². The summed E-state index contributed by atoms with van der Waals surface area (Å²) in [6.45, 7) is 5.56. The highest BCUT2D eigenvalue weighted by Crippen LogP contribution is 2.22. The van der Waals surface area contributed by atoms with Gasteiger partial charge in [0.05, 0.1) is 18.4 Å². The molecule has 1 aliphatic heterocycles. The first kappa shape index (κ1) is 19.3. The van der Waals surface area contributed by atoms with Crippen LogP contribution in [0.3, 0.4) is 0 Å². The molecule has 5 rings (SSSR count). The zero-order valence-electron chi connectivity index (χ0n) is 17.6. The van der Waals surface area contributed by atoms with Crippen LogP contribution in [-0.2, 0) is 6.54 Å². The molecular formula is C22H24N8O. The van der Waals surface area contributed by atoms with Crippen molar-refractivity contribution < 1.29 is 0 Å². The topological polar surface area (TPSA) is 99.3 Å². The summed E-state index contributed by atoms with van der Waals surface area (Å²) in [6.07, 6.45) is 5.54. The number of fused-ring (bicyclic) bond motifs is 2. The van der Waals surface area contributed by atoms with Gasteiger partial charge in [-0.1, -0.05) is 12.0 Å². The molecule has 0 saturated carbocycles. The molecule has 158 valence electrons. The lowest BCUT2D eigenvalue weighted by molar-refractivity contribution is 0.499. The van der Waals surface area contributed by atoms with Crippen LogP contribution in [0.5, 0.6) is 0 Å². The van der Waals surface area contributed by atoms with E-state index in [0.717, 1.165) is 36.4 Å². The van der Waals surface area contributed by atoms with Gasteiger partial charge in [-0.05, 0) is 38.8 Å². The van der Waals surface area contributed by atoms with Crippen molar-refractivity contribution in [1.82, 2.24) is 28.7 Å². The van der Waals surface area contributed by atoms with Crippen molar-refractivity contribution in [2.75, 3.05) is 18.0 Å². The first-order valence-corrected chi connectivity index (χ1v) is 10.4. The number of imidazole rings is 2. The minimum Gasteiger partial charge on any atom is -0.340 e. The fourth-order valence-corrected chi connectivity index (χ4v) is 4.18. The molecule has 1 saturated heterocycles. The van der Waals surface area contributed by atoms with E-state index in [2.05, 4.69) is 31.9 Å². The molecule has 9 nitrogen and oxygen atoms in total. The van der Waals surface area contributed by atoms with Crippen molar-refractivity contribution in [2.24, 2.45) is 5.73 Å². The van der Waals surface area contributed by atoms with Gasteiger partial charge < -0.3 is 15.0 Å². The molecule has 9 heteroatoms. The predicted octanol–water partition coefficient (Wildman–Crippen LogP) is 1.35. The van der Waals surface area contributed by atoms with Gasteiger partial charge in [0, 0.05) is 37.1 Å². The van der Waals surface area contributed by atoms with Crippen LogP contribution in [0, 0.1) is 18.9 Å². The van der Waals surface area contributed by atoms with E-state index in [0.29, 0.717) is 23.5 Å². The second-order valence-corrected chi connectivity index (χ2v) is 7.93. The van der Waals surface area contributed by atoms with Crippen LogP contribution in [0.2, 0.25) is 0 Å².